The van der Waals surface area contributed by atoms with Crippen molar-refractivity contribution < 1.29 is 4.42 Å². The van der Waals surface area contributed by atoms with Crippen molar-refractivity contribution in [1.29, 1.82) is 0 Å². The SMILES string of the molecule is CC1(C)c2ccc(-c3ccc4c(c3)c3ccccc3n4-c3cccc(-c4nc(-c5ccccc5)nc(-c5ccccc5)n4)c3)cc2-c2ccc3oc(-c4ccccc4)nc3c21. The number of hydrogen-bond donors (Lipinski definition) is 0. The summed E-state index contributed by atoms with van der Waals surface area (Å²) >= 11 is 0. The van der Waals surface area contributed by atoms with Crippen LogP contribution in [0, 0.1) is 0 Å². The van der Waals surface area contributed by atoms with Crippen LogP contribution < -0.4 is 0 Å². The van der Waals surface area contributed by atoms with Gasteiger partial charge in [0, 0.05) is 44.1 Å². The summed E-state index contributed by atoms with van der Waals surface area (Å²) < 4.78 is 8.68. The van der Waals surface area contributed by atoms with Crippen molar-refractivity contribution in [2.75, 3.05) is 0 Å². The first kappa shape index (κ1) is 35.0. The predicted octanol–water partition coefficient (Wildman–Crippen LogP) is 13.8. The van der Waals surface area contributed by atoms with Crippen molar-refractivity contribution in [3.05, 3.63) is 199 Å². The van der Waals surface area contributed by atoms with E-state index in [0.717, 1.165) is 50.1 Å². The van der Waals surface area contributed by atoms with Crippen molar-refractivity contribution in [3.8, 4) is 73.6 Å². The summed E-state index contributed by atoms with van der Waals surface area (Å²) in [6, 6.07) is 65.6. The number of fused-ring (bicyclic) bond motifs is 8. The van der Waals surface area contributed by atoms with E-state index in [2.05, 4.69) is 115 Å². The fraction of sp³-hybridized carbons (Fsp3) is 0.0545. The van der Waals surface area contributed by atoms with E-state index in [1.165, 1.54) is 44.2 Å². The smallest absolute Gasteiger partial charge is 0.227 e. The molecule has 0 unspecified atom stereocenters. The molecule has 0 bridgehead atoms. The molecule has 3 aromatic heterocycles. The molecule has 12 rings (SSSR count). The van der Waals surface area contributed by atoms with Crippen molar-refractivity contribution >= 4 is 32.9 Å². The zero-order valence-corrected chi connectivity index (χ0v) is 33.5. The van der Waals surface area contributed by atoms with E-state index >= 15 is 0 Å². The van der Waals surface area contributed by atoms with Crippen molar-refractivity contribution in [2.45, 2.75) is 19.3 Å². The Morgan fingerprint density at radius 3 is 1.74 bits per heavy atom. The number of aromatic nitrogens is 5. The van der Waals surface area contributed by atoms with Gasteiger partial charge in [0.25, 0.3) is 0 Å². The molecule has 6 nitrogen and oxygen atoms in total. The van der Waals surface area contributed by atoms with Crippen LogP contribution in [0.1, 0.15) is 25.0 Å². The molecule has 0 radical (unpaired) electrons. The second-order valence-electron chi connectivity index (χ2n) is 16.3. The Morgan fingerprint density at radius 1 is 0.426 bits per heavy atom. The minimum absolute atomic E-state index is 0.243. The van der Waals surface area contributed by atoms with Gasteiger partial charge < -0.3 is 8.98 Å². The molecule has 6 heteroatoms. The first-order valence-corrected chi connectivity index (χ1v) is 20.6. The first-order chi connectivity index (χ1) is 30.0. The second kappa shape index (κ2) is 13.5. The van der Waals surface area contributed by atoms with Crippen LogP contribution in [-0.4, -0.2) is 24.5 Å². The largest absolute Gasteiger partial charge is 0.436 e. The van der Waals surface area contributed by atoms with E-state index in [0.29, 0.717) is 23.4 Å². The van der Waals surface area contributed by atoms with Crippen LogP contribution in [0.25, 0.3) is 106 Å². The molecule has 61 heavy (non-hydrogen) atoms. The lowest BCUT2D eigenvalue weighted by Crippen LogP contribution is -2.15. The lowest BCUT2D eigenvalue weighted by molar-refractivity contribution is 0.619. The van der Waals surface area contributed by atoms with Gasteiger partial charge in [-0.25, -0.2) is 19.9 Å². The van der Waals surface area contributed by atoms with Gasteiger partial charge in [-0.2, -0.15) is 0 Å². The number of oxazole rings is 1. The first-order valence-electron chi connectivity index (χ1n) is 20.6. The Labute approximate surface area is 352 Å². The number of nitrogens with zero attached hydrogens (tertiary/aromatic N) is 5. The summed E-state index contributed by atoms with van der Waals surface area (Å²) in [5.41, 5.74) is 15.9. The molecule has 11 aromatic rings. The van der Waals surface area contributed by atoms with E-state index in [9.17, 15) is 0 Å². The Kier molecular flexibility index (Phi) is 7.78. The van der Waals surface area contributed by atoms with Gasteiger partial charge in [-0.1, -0.05) is 147 Å². The summed E-state index contributed by atoms with van der Waals surface area (Å²) in [7, 11) is 0. The van der Waals surface area contributed by atoms with Crippen LogP contribution in [0.15, 0.2) is 192 Å². The molecule has 3 heterocycles. The van der Waals surface area contributed by atoms with Crippen LogP contribution in [0.4, 0.5) is 0 Å². The van der Waals surface area contributed by atoms with Gasteiger partial charge in [-0.05, 0) is 88.0 Å². The lowest BCUT2D eigenvalue weighted by Gasteiger charge is -2.21. The molecule has 0 saturated carbocycles. The third-order valence-electron chi connectivity index (χ3n) is 12.3. The molecule has 288 valence electrons. The molecule has 0 amide bonds. The average molecular weight is 784 g/mol. The second-order valence-corrected chi connectivity index (χ2v) is 16.3. The molecular formula is C55H37N5O. The van der Waals surface area contributed by atoms with Gasteiger partial charge in [0.1, 0.15) is 5.52 Å². The predicted molar refractivity (Wildman–Crippen MR) is 246 cm³/mol. The maximum Gasteiger partial charge on any atom is 0.227 e. The summed E-state index contributed by atoms with van der Waals surface area (Å²) in [5, 5.41) is 2.38. The van der Waals surface area contributed by atoms with Gasteiger partial charge in [0.05, 0.1) is 11.0 Å². The van der Waals surface area contributed by atoms with E-state index in [4.69, 9.17) is 24.4 Å². The highest BCUT2D eigenvalue weighted by Crippen LogP contribution is 2.52. The molecule has 0 fully saturated rings. The van der Waals surface area contributed by atoms with Gasteiger partial charge >= 0.3 is 0 Å². The molecule has 8 aromatic carbocycles. The number of hydrogen-bond acceptors (Lipinski definition) is 5. The monoisotopic (exact) mass is 783 g/mol. The highest BCUT2D eigenvalue weighted by molar-refractivity contribution is 6.10. The Hall–Kier alpha value is -7.96. The molecule has 0 saturated heterocycles. The minimum Gasteiger partial charge on any atom is -0.436 e. The Morgan fingerprint density at radius 2 is 1.02 bits per heavy atom. The van der Waals surface area contributed by atoms with Gasteiger partial charge in [0.15, 0.2) is 23.1 Å². The fourth-order valence-corrected chi connectivity index (χ4v) is 9.33. The van der Waals surface area contributed by atoms with Crippen LogP contribution in [0.5, 0.6) is 0 Å². The number of para-hydroxylation sites is 1. The molecule has 0 aliphatic heterocycles. The molecule has 0 atom stereocenters. The van der Waals surface area contributed by atoms with Crippen molar-refractivity contribution in [3.63, 3.8) is 0 Å². The minimum atomic E-state index is -0.243. The molecule has 1 aliphatic rings. The van der Waals surface area contributed by atoms with E-state index in [-0.39, 0.29) is 5.41 Å². The van der Waals surface area contributed by atoms with E-state index < -0.39 is 0 Å². The summed E-state index contributed by atoms with van der Waals surface area (Å²) in [5.74, 6) is 2.55. The van der Waals surface area contributed by atoms with Crippen LogP contribution in [0.2, 0.25) is 0 Å². The van der Waals surface area contributed by atoms with Crippen molar-refractivity contribution in [1.82, 2.24) is 24.5 Å². The molecular weight excluding hydrogens is 747 g/mol. The molecule has 0 N–H and O–H groups in total. The summed E-state index contributed by atoms with van der Waals surface area (Å²) in [6.45, 7) is 4.60. The van der Waals surface area contributed by atoms with Crippen LogP contribution in [0.3, 0.4) is 0 Å². The topological polar surface area (TPSA) is 69.6 Å². The van der Waals surface area contributed by atoms with Gasteiger partial charge in [-0.3, -0.25) is 0 Å². The molecule has 1 aliphatic carbocycles. The zero-order valence-electron chi connectivity index (χ0n) is 33.5. The third-order valence-corrected chi connectivity index (χ3v) is 12.3. The van der Waals surface area contributed by atoms with Crippen LogP contribution in [-0.2, 0) is 5.41 Å². The number of rotatable bonds is 6. The maximum atomic E-state index is 6.32. The summed E-state index contributed by atoms with van der Waals surface area (Å²) in [6.07, 6.45) is 0. The number of benzene rings is 8. The maximum absolute atomic E-state index is 6.32. The fourth-order valence-electron chi connectivity index (χ4n) is 9.33. The van der Waals surface area contributed by atoms with Gasteiger partial charge in [-0.15, -0.1) is 0 Å². The van der Waals surface area contributed by atoms with E-state index in [1.807, 2.05) is 91.0 Å². The standard InChI is InChI=1S/C55H37N5O/c1-55(2)45-28-25-37(32-43(45)42-27-30-48-50(49(42)55)56-54(61-48)36-19-10-5-11-20-36)38-26-29-47-44(33-38)41-23-12-13-24-46(41)60(47)40-22-14-21-39(31-40)53-58-51(34-15-6-3-7-16-34)57-52(59-53)35-17-8-4-9-18-35/h3-33H,1-2H3. The average Bonchev–Trinajstić information content (AvgIpc) is 3.97. The summed E-state index contributed by atoms with van der Waals surface area (Å²) in [4.78, 5) is 20.1. The van der Waals surface area contributed by atoms with Crippen molar-refractivity contribution in [2.24, 2.45) is 0 Å². The zero-order chi connectivity index (χ0) is 40.7. The Bertz CT molecular complexity index is 3440. The van der Waals surface area contributed by atoms with Crippen LogP contribution >= 0.6 is 0 Å². The Balaban J connectivity index is 0.961. The normalized spacial score (nSPS) is 12.9. The highest BCUT2D eigenvalue weighted by Gasteiger charge is 2.38. The third kappa shape index (κ3) is 5.64. The molecule has 0 spiro atoms. The lowest BCUT2D eigenvalue weighted by atomic mass is 9.81. The highest BCUT2D eigenvalue weighted by atomic mass is 16.3. The van der Waals surface area contributed by atoms with Gasteiger partial charge in [0.2, 0.25) is 5.89 Å². The quantitative estimate of drug-likeness (QED) is 0.168. The van der Waals surface area contributed by atoms with E-state index in [1.54, 1.807) is 0 Å².